The number of primary amides is 1. The maximum atomic E-state index is 14.3. The van der Waals surface area contributed by atoms with Gasteiger partial charge in [-0.15, -0.1) is 0 Å². The highest BCUT2D eigenvalue weighted by Gasteiger charge is 2.46. The number of carbonyl (C=O) groups is 3. The van der Waals surface area contributed by atoms with Crippen LogP contribution in [-0.2, 0) is 9.59 Å². The van der Waals surface area contributed by atoms with Gasteiger partial charge in [0.25, 0.3) is 5.91 Å². The fourth-order valence-electron chi connectivity index (χ4n) is 5.55. The molecular weight excluding hydrogens is 482 g/mol. The Bertz CT molecular complexity index is 1330. The third kappa shape index (κ3) is 4.58. The van der Waals surface area contributed by atoms with E-state index in [0.717, 1.165) is 5.56 Å². The molecule has 0 radical (unpaired) electrons. The number of hydrogen-bond acceptors (Lipinski definition) is 5. The second kappa shape index (κ2) is 10.6. The van der Waals surface area contributed by atoms with Crippen LogP contribution in [0.3, 0.4) is 0 Å². The normalized spacial score (nSPS) is 19.6. The molecule has 2 atom stereocenters. The van der Waals surface area contributed by atoms with Crippen LogP contribution in [0.4, 0.5) is 5.69 Å². The fourth-order valence-corrected chi connectivity index (χ4v) is 5.55. The number of piperidine rings is 1. The summed E-state index contributed by atoms with van der Waals surface area (Å²) in [5.41, 5.74) is 8.21. The number of nitrogens with two attached hydrogens (primary N) is 1. The molecule has 3 aromatic rings. The first kappa shape index (κ1) is 25.3. The molecule has 2 N–H and O–H groups in total. The highest BCUT2D eigenvalue weighted by Crippen LogP contribution is 2.46. The van der Waals surface area contributed by atoms with Crippen molar-refractivity contribution in [2.24, 2.45) is 11.7 Å². The minimum atomic E-state index is -0.649. The van der Waals surface area contributed by atoms with Crippen LogP contribution in [0.25, 0.3) is 0 Å². The van der Waals surface area contributed by atoms with Crippen molar-refractivity contribution in [2.75, 3.05) is 32.2 Å². The minimum Gasteiger partial charge on any atom is -0.497 e. The van der Waals surface area contributed by atoms with Gasteiger partial charge in [0.05, 0.1) is 26.2 Å². The zero-order chi connectivity index (χ0) is 26.8. The molecule has 2 unspecified atom stereocenters. The van der Waals surface area contributed by atoms with Gasteiger partial charge in [-0.05, 0) is 66.4 Å². The highest BCUT2D eigenvalue weighted by molar-refractivity contribution is 6.11. The van der Waals surface area contributed by atoms with E-state index in [-0.39, 0.29) is 23.6 Å². The quantitative estimate of drug-likeness (QED) is 0.539. The van der Waals surface area contributed by atoms with Gasteiger partial charge in [0.15, 0.2) is 0 Å². The maximum Gasteiger partial charge on any atom is 0.259 e. The summed E-state index contributed by atoms with van der Waals surface area (Å²) in [5.74, 6) is -0.104. The molecule has 0 aromatic heterocycles. The van der Waals surface area contributed by atoms with Crippen molar-refractivity contribution in [1.29, 1.82) is 0 Å². The average Bonchev–Trinajstić information content (AvgIpc) is 2.97. The van der Waals surface area contributed by atoms with Crippen LogP contribution in [0, 0.1) is 5.92 Å². The van der Waals surface area contributed by atoms with E-state index in [1.807, 2.05) is 54.6 Å². The van der Waals surface area contributed by atoms with Gasteiger partial charge in [-0.1, -0.05) is 30.3 Å². The van der Waals surface area contributed by atoms with Gasteiger partial charge in [0.1, 0.15) is 11.5 Å². The van der Waals surface area contributed by atoms with Gasteiger partial charge in [-0.3, -0.25) is 19.3 Å². The van der Waals surface area contributed by atoms with Crippen LogP contribution in [-0.4, -0.2) is 49.9 Å². The average molecular weight is 514 g/mol. The Hall–Kier alpha value is -4.33. The molecule has 2 aliphatic heterocycles. The zero-order valence-corrected chi connectivity index (χ0v) is 21.5. The number of rotatable bonds is 6. The molecule has 8 nitrogen and oxygen atoms in total. The third-order valence-corrected chi connectivity index (χ3v) is 7.62. The molecule has 1 fully saturated rings. The minimum absolute atomic E-state index is 0.0767. The Kier molecular flexibility index (Phi) is 7.05. The van der Waals surface area contributed by atoms with Gasteiger partial charge in [0, 0.05) is 30.3 Å². The fraction of sp³-hybridized carbons (Fsp3) is 0.300. The standard InChI is InChI=1S/C30H31N3O5/c1-37-22-11-7-19(8-12-22)27-26(30(36)32-17-15-20(16-18-32)28(31)34)24-5-3-4-6-25(24)29(35)33(27)21-9-13-23(38-2)14-10-21/h3-14,20,26-27H,15-18H2,1-2H3,(H2,31,34). The van der Waals surface area contributed by atoms with Crippen LogP contribution in [0.15, 0.2) is 72.8 Å². The molecule has 0 aliphatic carbocycles. The Morgan fingerprint density at radius 2 is 1.42 bits per heavy atom. The number of anilines is 1. The number of hydrogen-bond donors (Lipinski definition) is 1. The Labute approximate surface area is 221 Å². The van der Waals surface area contributed by atoms with Crippen molar-refractivity contribution in [3.63, 3.8) is 0 Å². The lowest BCUT2D eigenvalue weighted by atomic mass is 9.78. The van der Waals surface area contributed by atoms with Crippen molar-refractivity contribution in [2.45, 2.75) is 24.8 Å². The lowest BCUT2D eigenvalue weighted by Crippen LogP contribution is -2.50. The van der Waals surface area contributed by atoms with E-state index in [2.05, 4.69) is 0 Å². The number of benzene rings is 3. The predicted molar refractivity (Wildman–Crippen MR) is 143 cm³/mol. The summed E-state index contributed by atoms with van der Waals surface area (Å²) in [6, 6.07) is 21.5. The summed E-state index contributed by atoms with van der Waals surface area (Å²) in [5, 5.41) is 0. The summed E-state index contributed by atoms with van der Waals surface area (Å²) >= 11 is 0. The van der Waals surface area contributed by atoms with E-state index in [1.54, 1.807) is 42.2 Å². The maximum absolute atomic E-state index is 14.3. The largest absolute Gasteiger partial charge is 0.497 e. The second-order valence-corrected chi connectivity index (χ2v) is 9.66. The molecule has 0 spiro atoms. The lowest BCUT2D eigenvalue weighted by Gasteiger charge is -2.44. The SMILES string of the molecule is COc1ccc(C2C(C(=O)N3CCC(C(N)=O)CC3)c3ccccc3C(=O)N2c2ccc(OC)cc2)cc1. The number of methoxy groups -OCH3 is 2. The Balaban J connectivity index is 1.63. The molecule has 8 heteroatoms. The lowest BCUT2D eigenvalue weighted by molar-refractivity contribution is -0.136. The summed E-state index contributed by atoms with van der Waals surface area (Å²) in [6.45, 7) is 0.883. The molecule has 0 saturated carbocycles. The number of carbonyl (C=O) groups excluding carboxylic acids is 3. The van der Waals surface area contributed by atoms with E-state index in [1.165, 1.54) is 0 Å². The second-order valence-electron chi connectivity index (χ2n) is 9.66. The molecule has 2 heterocycles. The van der Waals surface area contributed by atoms with Gasteiger partial charge in [0.2, 0.25) is 11.8 Å². The van der Waals surface area contributed by atoms with Crippen LogP contribution in [0.1, 0.15) is 46.3 Å². The first-order valence-corrected chi connectivity index (χ1v) is 12.7. The first-order valence-electron chi connectivity index (χ1n) is 12.7. The van der Waals surface area contributed by atoms with E-state index < -0.39 is 12.0 Å². The summed E-state index contributed by atoms with van der Waals surface area (Å²) in [7, 11) is 3.19. The molecule has 196 valence electrons. The van der Waals surface area contributed by atoms with E-state index in [0.29, 0.717) is 54.2 Å². The monoisotopic (exact) mass is 513 g/mol. The molecule has 5 rings (SSSR count). The number of fused-ring (bicyclic) bond motifs is 1. The number of ether oxygens (including phenoxy) is 2. The predicted octanol–water partition coefficient (Wildman–Crippen LogP) is 3.91. The first-order chi connectivity index (χ1) is 18.4. The van der Waals surface area contributed by atoms with Crippen LogP contribution in [0.2, 0.25) is 0 Å². The third-order valence-electron chi connectivity index (χ3n) is 7.62. The van der Waals surface area contributed by atoms with Crippen molar-refractivity contribution >= 4 is 23.4 Å². The van der Waals surface area contributed by atoms with Crippen LogP contribution in [0.5, 0.6) is 11.5 Å². The topological polar surface area (TPSA) is 102 Å². The Morgan fingerprint density at radius 3 is 2.00 bits per heavy atom. The number of likely N-dealkylation sites (tertiary alicyclic amines) is 1. The van der Waals surface area contributed by atoms with Crippen LogP contribution >= 0.6 is 0 Å². The summed E-state index contributed by atoms with van der Waals surface area (Å²) < 4.78 is 10.7. The van der Waals surface area contributed by atoms with Crippen LogP contribution < -0.4 is 20.1 Å². The van der Waals surface area contributed by atoms with Crippen molar-refractivity contribution in [3.8, 4) is 11.5 Å². The van der Waals surface area contributed by atoms with Gasteiger partial charge < -0.3 is 20.1 Å². The molecular formula is C30H31N3O5. The van der Waals surface area contributed by atoms with E-state index in [9.17, 15) is 14.4 Å². The van der Waals surface area contributed by atoms with Gasteiger partial charge >= 0.3 is 0 Å². The Morgan fingerprint density at radius 1 is 0.842 bits per heavy atom. The smallest absolute Gasteiger partial charge is 0.259 e. The molecule has 2 aliphatic rings. The van der Waals surface area contributed by atoms with Crippen molar-refractivity contribution < 1.29 is 23.9 Å². The van der Waals surface area contributed by atoms with E-state index >= 15 is 0 Å². The van der Waals surface area contributed by atoms with Crippen molar-refractivity contribution in [1.82, 2.24) is 4.90 Å². The number of amides is 3. The molecule has 1 saturated heterocycles. The number of nitrogens with zero attached hydrogens (tertiary/aromatic N) is 2. The zero-order valence-electron chi connectivity index (χ0n) is 21.5. The summed E-state index contributed by atoms with van der Waals surface area (Å²) in [6.07, 6.45) is 1.06. The van der Waals surface area contributed by atoms with Gasteiger partial charge in [-0.25, -0.2) is 0 Å². The molecule has 38 heavy (non-hydrogen) atoms. The molecule has 0 bridgehead atoms. The van der Waals surface area contributed by atoms with Gasteiger partial charge in [-0.2, -0.15) is 0 Å². The molecule has 3 aromatic carbocycles. The summed E-state index contributed by atoms with van der Waals surface area (Å²) in [4.78, 5) is 43.6. The molecule has 3 amide bonds. The van der Waals surface area contributed by atoms with E-state index in [4.69, 9.17) is 15.2 Å². The highest BCUT2D eigenvalue weighted by atomic mass is 16.5. The van der Waals surface area contributed by atoms with Crippen molar-refractivity contribution in [3.05, 3.63) is 89.5 Å².